The molecule has 0 spiro atoms. The number of hydrogen-bond acceptors (Lipinski definition) is 5. The van der Waals surface area contributed by atoms with Crippen molar-refractivity contribution in [2.75, 3.05) is 6.61 Å². The summed E-state index contributed by atoms with van der Waals surface area (Å²) in [6.45, 7) is 3.91. The van der Waals surface area contributed by atoms with E-state index in [9.17, 15) is 4.79 Å². The average Bonchev–Trinajstić information content (AvgIpc) is 2.81. The second-order valence-corrected chi connectivity index (χ2v) is 5.92. The van der Waals surface area contributed by atoms with Crippen LogP contribution in [0.2, 0.25) is 0 Å². The number of hydrogen-bond donors (Lipinski definition) is 0. The molecule has 0 saturated heterocycles. The van der Waals surface area contributed by atoms with Crippen LogP contribution < -0.4 is 9.47 Å². The molecule has 2 rings (SSSR count). The van der Waals surface area contributed by atoms with Crippen molar-refractivity contribution in [3.8, 4) is 17.6 Å². The molecule has 7 heteroatoms. The van der Waals surface area contributed by atoms with Gasteiger partial charge in [-0.1, -0.05) is 0 Å². The predicted molar refractivity (Wildman–Crippen MR) is 86.1 cm³/mol. The second kappa shape index (κ2) is 6.99. The van der Waals surface area contributed by atoms with Gasteiger partial charge >= 0.3 is 5.97 Å². The first kappa shape index (κ1) is 16.6. The molecule has 0 amide bonds. The molecule has 0 unspecified atom stereocenters. The molecule has 0 fully saturated rings. The molecule has 0 atom stereocenters. The van der Waals surface area contributed by atoms with E-state index >= 15 is 0 Å². The second-order valence-electron chi connectivity index (χ2n) is 4.28. The van der Waals surface area contributed by atoms with Crippen LogP contribution in [0.4, 0.5) is 0 Å². The van der Waals surface area contributed by atoms with Crippen molar-refractivity contribution in [1.82, 2.24) is 0 Å². The Bertz CT molecular complexity index is 762. The predicted octanol–water partition coefficient (Wildman–Crippen LogP) is 4.60. The first-order valence-corrected chi connectivity index (χ1v) is 7.89. The molecule has 2 aromatic rings. The highest BCUT2D eigenvalue weighted by Crippen LogP contribution is 2.37. The summed E-state index contributed by atoms with van der Waals surface area (Å²) < 4.78 is 17.0. The Morgan fingerprint density at radius 2 is 2.09 bits per heavy atom. The minimum Gasteiger partial charge on any atom is -0.490 e. The van der Waals surface area contributed by atoms with Crippen LogP contribution in [0.3, 0.4) is 0 Å². The fourth-order valence-electron chi connectivity index (χ4n) is 1.78. The van der Waals surface area contributed by atoms with E-state index < -0.39 is 5.97 Å². The summed E-state index contributed by atoms with van der Waals surface area (Å²) in [5, 5.41) is 8.99. The van der Waals surface area contributed by atoms with Crippen molar-refractivity contribution in [3.63, 3.8) is 0 Å². The van der Waals surface area contributed by atoms with Gasteiger partial charge in [-0.2, -0.15) is 5.26 Å². The zero-order chi connectivity index (χ0) is 16.3. The van der Waals surface area contributed by atoms with Crippen LogP contribution >= 0.6 is 31.9 Å². The van der Waals surface area contributed by atoms with E-state index in [-0.39, 0.29) is 11.5 Å². The lowest BCUT2D eigenvalue weighted by Gasteiger charge is -2.12. The molecule has 0 saturated carbocycles. The van der Waals surface area contributed by atoms with Crippen LogP contribution in [0.25, 0.3) is 0 Å². The normalized spacial score (nSPS) is 10.1. The zero-order valence-corrected chi connectivity index (χ0v) is 14.9. The van der Waals surface area contributed by atoms with Gasteiger partial charge in [0.25, 0.3) is 0 Å². The number of esters is 1. The third kappa shape index (κ3) is 3.51. The van der Waals surface area contributed by atoms with Gasteiger partial charge in [0, 0.05) is 11.6 Å². The number of rotatable bonds is 4. The third-order valence-electron chi connectivity index (χ3n) is 2.71. The lowest BCUT2D eigenvalue weighted by molar-refractivity contribution is 0.0691. The number of aryl methyl sites for hydroxylation is 1. The summed E-state index contributed by atoms with van der Waals surface area (Å²) in [6, 6.07) is 6.76. The van der Waals surface area contributed by atoms with Gasteiger partial charge in [0.1, 0.15) is 0 Å². The Labute approximate surface area is 144 Å². The molecule has 114 valence electrons. The monoisotopic (exact) mass is 427 g/mol. The summed E-state index contributed by atoms with van der Waals surface area (Å²) in [6.07, 6.45) is 0. The van der Waals surface area contributed by atoms with Crippen LogP contribution in [0.15, 0.2) is 31.8 Å². The van der Waals surface area contributed by atoms with Gasteiger partial charge in [-0.15, -0.1) is 0 Å². The molecule has 0 aliphatic heterocycles. The maximum atomic E-state index is 12.2. The first-order chi connectivity index (χ1) is 10.5. The molecule has 0 radical (unpaired) electrons. The number of ether oxygens (including phenoxy) is 2. The maximum Gasteiger partial charge on any atom is 0.380 e. The van der Waals surface area contributed by atoms with Crippen molar-refractivity contribution < 1.29 is 18.7 Å². The summed E-state index contributed by atoms with van der Waals surface area (Å²) in [7, 11) is 0. The van der Waals surface area contributed by atoms with Crippen LogP contribution in [-0.4, -0.2) is 12.6 Å². The number of carbonyl (C=O) groups excluding carboxylic acids is 1. The lowest BCUT2D eigenvalue weighted by atomic mass is 10.2. The number of benzene rings is 1. The molecule has 0 aliphatic carbocycles. The number of carbonyl (C=O) groups is 1. The Morgan fingerprint density at radius 3 is 2.64 bits per heavy atom. The highest BCUT2D eigenvalue weighted by Gasteiger charge is 2.21. The van der Waals surface area contributed by atoms with E-state index in [1.54, 1.807) is 26.0 Å². The minimum absolute atomic E-state index is 0.102. The Morgan fingerprint density at radius 1 is 1.36 bits per heavy atom. The zero-order valence-electron chi connectivity index (χ0n) is 11.8. The van der Waals surface area contributed by atoms with Crippen LogP contribution in [0.5, 0.6) is 11.5 Å². The van der Waals surface area contributed by atoms with Crippen molar-refractivity contribution >= 4 is 37.8 Å². The van der Waals surface area contributed by atoms with Crippen molar-refractivity contribution in [3.05, 3.63) is 44.2 Å². The largest absolute Gasteiger partial charge is 0.490 e. The standard InChI is InChI=1S/C15H11Br2NO4/c1-3-20-11-6-9(7-18)5-10(16)14(11)22-15(19)13-8(2)4-12(17)21-13/h4-6H,3H2,1-2H3. The molecule has 0 bridgehead atoms. The van der Waals surface area contributed by atoms with E-state index in [1.807, 2.05) is 6.07 Å². The highest BCUT2D eigenvalue weighted by atomic mass is 79.9. The lowest BCUT2D eigenvalue weighted by Crippen LogP contribution is -2.10. The fraction of sp³-hybridized carbons (Fsp3) is 0.200. The van der Waals surface area contributed by atoms with Crippen LogP contribution in [-0.2, 0) is 0 Å². The number of nitriles is 1. The van der Waals surface area contributed by atoms with Gasteiger partial charge in [-0.05, 0) is 57.8 Å². The number of halogens is 2. The minimum atomic E-state index is -0.644. The van der Waals surface area contributed by atoms with Gasteiger partial charge in [0.05, 0.1) is 22.7 Å². The van der Waals surface area contributed by atoms with Gasteiger partial charge in [0.2, 0.25) is 5.76 Å². The van der Waals surface area contributed by atoms with Gasteiger partial charge in [0.15, 0.2) is 16.2 Å². The SMILES string of the molecule is CCOc1cc(C#N)cc(Br)c1OC(=O)c1oc(Br)cc1C. The molecule has 1 aromatic heterocycles. The van der Waals surface area contributed by atoms with Crippen molar-refractivity contribution in [2.24, 2.45) is 0 Å². The van der Waals surface area contributed by atoms with E-state index in [4.69, 9.17) is 19.2 Å². The van der Waals surface area contributed by atoms with E-state index in [1.165, 1.54) is 6.07 Å². The summed E-state index contributed by atoms with van der Waals surface area (Å²) >= 11 is 6.45. The van der Waals surface area contributed by atoms with Gasteiger partial charge in [-0.25, -0.2) is 4.79 Å². The van der Waals surface area contributed by atoms with E-state index in [2.05, 4.69) is 31.9 Å². The summed E-state index contributed by atoms with van der Waals surface area (Å²) in [4.78, 5) is 12.2. The molecule has 5 nitrogen and oxygen atoms in total. The third-order valence-corrected chi connectivity index (χ3v) is 3.69. The van der Waals surface area contributed by atoms with Crippen molar-refractivity contribution in [1.29, 1.82) is 5.26 Å². The molecule has 1 heterocycles. The average molecular weight is 429 g/mol. The molecule has 22 heavy (non-hydrogen) atoms. The van der Waals surface area contributed by atoms with Gasteiger partial charge in [-0.3, -0.25) is 0 Å². The molecule has 1 aromatic carbocycles. The fourth-order valence-corrected chi connectivity index (χ4v) is 2.81. The Hall–Kier alpha value is -1.78. The molecule has 0 N–H and O–H groups in total. The molecule has 0 aliphatic rings. The molecular formula is C15H11Br2NO4. The topological polar surface area (TPSA) is 72.5 Å². The summed E-state index contributed by atoms with van der Waals surface area (Å²) in [5.41, 5.74) is 1.05. The number of nitrogens with zero attached hydrogens (tertiary/aromatic N) is 1. The summed E-state index contributed by atoms with van der Waals surface area (Å²) in [5.74, 6) is -0.0250. The number of furan rings is 1. The van der Waals surface area contributed by atoms with Crippen molar-refractivity contribution in [2.45, 2.75) is 13.8 Å². The Kier molecular flexibility index (Phi) is 5.27. The van der Waals surface area contributed by atoms with Crippen LogP contribution in [0.1, 0.15) is 28.6 Å². The first-order valence-electron chi connectivity index (χ1n) is 6.30. The highest BCUT2D eigenvalue weighted by molar-refractivity contribution is 9.10. The van der Waals surface area contributed by atoms with Crippen LogP contribution in [0, 0.1) is 18.3 Å². The van der Waals surface area contributed by atoms with E-state index in [0.717, 1.165) is 0 Å². The van der Waals surface area contributed by atoms with Gasteiger partial charge < -0.3 is 13.9 Å². The molecular weight excluding hydrogens is 418 g/mol. The Balaban J connectivity index is 2.38. The maximum absolute atomic E-state index is 12.2. The van der Waals surface area contributed by atoms with E-state index in [0.29, 0.717) is 32.6 Å². The smallest absolute Gasteiger partial charge is 0.380 e. The quantitative estimate of drug-likeness (QED) is 0.525.